The van der Waals surface area contributed by atoms with Crippen LogP contribution < -0.4 is 4.74 Å². The molecule has 1 aliphatic rings. The Morgan fingerprint density at radius 1 is 1.28 bits per heavy atom. The summed E-state index contributed by atoms with van der Waals surface area (Å²) in [6.07, 6.45) is 4.85. The number of ketones is 1. The van der Waals surface area contributed by atoms with E-state index in [-0.39, 0.29) is 11.3 Å². The summed E-state index contributed by atoms with van der Waals surface area (Å²) < 4.78 is 5.49. The zero-order chi connectivity index (χ0) is 21.0. The predicted octanol–water partition coefficient (Wildman–Crippen LogP) is 4.36. The number of ether oxygens (including phenoxy) is 1. The lowest BCUT2D eigenvalue weighted by Gasteiger charge is -2.24. The molecule has 1 aromatic heterocycles. The molecule has 3 rings (SSSR count). The predicted molar refractivity (Wildman–Crippen MR) is 111 cm³/mol. The van der Waals surface area contributed by atoms with Crippen LogP contribution in [0.2, 0.25) is 5.02 Å². The van der Waals surface area contributed by atoms with Crippen molar-refractivity contribution in [1.29, 1.82) is 0 Å². The van der Waals surface area contributed by atoms with Crippen LogP contribution in [0.1, 0.15) is 43.9 Å². The number of carbonyl (C=O) groups excluding carboxylic acids is 2. The maximum atomic E-state index is 12.9. The van der Waals surface area contributed by atoms with Gasteiger partial charge in [-0.1, -0.05) is 31.0 Å². The van der Waals surface area contributed by atoms with E-state index in [4.69, 9.17) is 16.3 Å². The second-order valence-corrected chi connectivity index (χ2v) is 7.12. The highest BCUT2D eigenvalue weighted by Crippen LogP contribution is 2.40. The fraction of sp³-hybridized carbons (Fsp3) is 0.318. The van der Waals surface area contributed by atoms with Crippen molar-refractivity contribution in [3.05, 3.63) is 64.4 Å². The fourth-order valence-electron chi connectivity index (χ4n) is 3.40. The molecule has 7 heteroatoms. The van der Waals surface area contributed by atoms with Crippen molar-refractivity contribution in [2.45, 2.75) is 32.7 Å². The number of aliphatic hydroxyl groups is 1. The quantitative estimate of drug-likeness (QED) is 0.413. The van der Waals surface area contributed by atoms with Gasteiger partial charge in [0.15, 0.2) is 0 Å². The lowest BCUT2D eigenvalue weighted by Crippen LogP contribution is -2.30. The first-order chi connectivity index (χ1) is 14.0. The largest absolute Gasteiger partial charge is 0.507 e. The van der Waals surface area contributed by atoms with Crippen molar-refractivity contribution < 1.29 is 19.4 Å². The van der Waals surface area contributed by atoms with Crippen molar-refractivity contribution in [2.24, 2.45) is 0 Å². The van der Waals surface area contributed by atoms with Crippen LogP contribution in [-0.4, -0.2) is 39.8 Å². The number of likely N-dealkylation sites (tertiary alicyclic amines) is 1. The monoisotopic (exact) mass is 414 g/mol. The number of benzene rings is 1. The van der Waals surface area contributed by atoms with E-state index in [0.29, 0.717) is 35.1 Å². The number of rotatable bonds is 7. The van der Waals surface area contributed by atoms with Gasteiger partial charge in [0.05, 0.1) is 23.2 Å². The van der Waals surface area contributed by atoms with Gasteiger partial charge in [-0.15, -0.1) is 0 Å². The van der Waals surface area contributed by atoms with Gasteiger partial charge in [-0.2, -0.15) is 0 Å². The Balaban J connectivity index is 2.14. The molecule has 1 fully saturated rings. The number of carbonyl (C=O) groups is 2. The van der Waals surface area contributed by atoms with Gasteiger partial charge in [-0.3, -0.25) is 14.6 Å². The molecule has 1 unspecified atom stereocenters. The number of hydrogen-bond acceptors (Lipinski definition) is 5. The third-order valence-corrected chi connectivity index (χ3v) is 5.11. The molecule has 0 aliphatic carbocycles. The van der Waals surface area contributed by atoms with Crippen LogP contribution in [0.3, 0.4) is 0 Å². The van der Waals surface area contributed by atoms with E-state index in [1.807, 2.05) is 13.8 Å². The molecule has 29 heavy (non-hydrogen) atoms. The summed E-state index contributed by atoms with van der Waals surface area (Å²) in [6.45, 7) is 4.66. The molecule has 152 valence electrons. The van der Waals surface area contributed by atoms with Gasteiger partial charge in [0.25, 0.3) is 11.7 Å². The number of hydrogen-bond donors (Lipinski definition) is 1. The van der Waals surface area contributed by atoms with Crippen LogP contribution in [0, 0.1) is 0 Å². The maximum absolute atomic E-state index is 12.9. The number of amides is 1. The fourth-order valence-corrected chi connectivity index (χ4v) is 3.57. The number of pyridine rings is 1. The average Bonchev–Trinajstić information content (AvgIpc) is 2.98. The molecule has 1 aliphatic heterocycles. The summed E-state index contributed by atoms with van der Waals surface area (Å²) >= 11 is 6.14. The second-order valence-electron chi connectivity index (χ2n) is 6.71. The van der Waals surface area contributed by atoms with Gasteiger partial charge >= 0.3 is 0 Å². The van der Waals surface area contributed by atoms with E-state index in [1.54, 1.807) is 42.7 Å². The molecule has 0 spiro atoms. The SMILES string of the molecule is CCCCN1C(=O)C(=O)/C(=C(\O)c2ccc(Cl)c(OCC)c2)C1c1cccnc1. The van der Waals surface area contributed by atoms with Crippen molar-refractivity contribution in [3.8, 4) is 5.75 Å². The lowest BCUT2D eigenvalue weighted by molar-refractivity contribution is -0.139. The zero-order valence-electron chi connectivity index (χ0n) is 16.4. The van der Waals surface area contributed by atoms with Gasteiger partial charge in [-0.05, 0) is 43.2 Å². The summed E-state index contributed by atoms with van der Waals surface area (Å²) in [5, 5.41) is 11.4. The van der Waals surface area contributed by atoms with E-state index in [1.165, 1.54) is 4.90 Å². The molecule has 1 saturated heterocycles. The van der Waals surface area contributed by atoms with Crippen LogP contribution in [0.15, 0.2) is 48.3 Å². The Kier molecular flexibility index (Phi) is 6.54. The smallest absolute Gasteiger partial charge is 0.295 e. The Labute approximate surface area is 174 Å². The normalized spacial score (nSPS) is 18.3. The standard InChI is InChI=1S/C22H23ClN2O4/c1-3-5-11-25-19(15-7-6-10-24-13-15)18(21(27)22(25)28)20(26)14-8-9-16(23)17(12-14)29-4-2/h6-10,12-13,19,26H,3-5,11H2,1-2H3/b20-18-. The number of aliphatic hydroxyl groups excluding tert-OH is 1. The van der Waals surface area contributed by atoms with E-state index < -0.39 is 17.7 Å². The van der Waals surface area contributed by atoms with Crippen molar-refractivity contribution in [3.63, 3.8) is 0 Å². The summed E-state index contributed by atoms with van der Waals surface area (Å²) in [7, 11) is 0. The highest BCUT2D eigenvalue weighted by atomic mass is 35.5. The Morgan fingerprint density at radius 2 is 2.07 bits per heavy atom. The molecular formula is C22H23ClN2O4. The number of unbranched alkanes of at least 4 members (excludes halogenated alkanes) is 1. The molecule has 1 atom stereocenters. The first-order valence-electron chi connectivity index (χ1n) is 9.60. The van der Waals surface area contributed by atoms with E-state index in [0.717, 1.165) is 12.8 Å². The van der Waals surface area contributed by atoms with E-state index >= 15 is 0 Å². The molecule has 6 nitrogen and oxygen atoms in total. The van der Waals surface area contributed by atoms with Gasteiger partial charge in [0.2, 0.25) is 0 Å². The zero-order valence-corrected chi connectivity index (χ0v) is 17.1. The van der Waals surface area contributed by atoms with Crippen molar-refractivity contribution in [2.75, 3.05) is 13.2 Å². The molecule has 1 aromatic carbocycles. The number of Topliss-reactive ketones (excluding diaryl/α,β-unsaturated/α-hetero) is 1. The molecular weight excluding hydrogens is 392 g/mol. The van der Waals surface area contributed by atoms with E-state index in [2.05, 4.69) is 4.98 Å². The number of halogens is 1. The highest BCUT2D eigenvalue weighted by molar-refractivity contribution is 6.46. The average molecular weight is 415 g/mol. The highest BCUT2D eigenvalue weighted by Gasteiger charge is 2.45. The van der Waals surface area contributed by atoms with Crippen LogP contribution >= 0.6 is 11.6 Å². The minimum absolute atomic E-state index is 0.0453. The van der Waals surface area contributed by atoms with Crippen molar-refractivity contribution in [1.82, 2.24) is 9.88 Å². The number of aromatic nitrogens is 1. The molecule has 2 aromatic rings. The maximum Gasteiger partial charge on any atom is 0.295 e. The second kappa shape index (κ2) is 9.09. The summed E-state index contributed by atoms with van der Waals surface area (Å²) in [6, 6.07) is 7.60. The Hall–Kier alpha value is -2.86. The van der Waals surface area contributed by atoms with Crippen molar-refractivity contribution >= 4 is 29.1 Å². The van der Waals surface area contributed by atoms with Crippen LogP contribution in [0.5, 0.6) is 5.75 Å². The molecule has 2 heterocycles. The molecule has 1 amide bonds. The van der Waals surface area contributed by atoms with Gasteiger partial charge < -0.3 is 14.7 Å². The molecule has 0 radical (unpaired) electrons. The summed E-state index contributed by atoms with van der Waals surface area (Å²) in [5.74, 6) is -1.18. The first kappa shape index (κ1) is 20.9. The Morgan fingerprint density at radius 3 is 2.72 bits per heavy atom. The van der Waals surface area contributed by atoms with Gasteiger partial charge in [0.1, 0.15) is 11.5 Å². The number of nitrogens with zero attached hydrogens (tertiary/aromatic N) is 2. The molecule has 0 bridgehead atoms. The van der Waals surface area contributed by atoms with Gasteiger partial charge in [0, 0.05) is 24.5 Å². The lowest BCUT2D eigenvalue weighted by atomic mass is 9.96. The topological polar surface area (TPSA) is 79.7 Å². The molecule has 1 N–H and O–H groups in total. The minimum atomic E-state index is -0.708. The van der Waals surface area contributed by atoms with Gasteiger partial charge in [-0.25, -0.2) is 0 Å². The van der Waals surface area contributed by atoms with Crippen LogP contribution in [-0.2, 0) is 9.59 Å². The summed E-state index contributed by atoms with van der Waals surface area (Å²) in [4.78, 5) is 31.2. The molecule has 0 saturated carbocycles. The van der Waals surface area contributed by atoms with E-state index in [9.17, 15) is 14.7 Å². The van der Waals surface area contributed by atoms with Crippen LogP contribution in [0.25, 0.3) is 5.76 Å². The summed E-state index contributed by atoms with van der Waals surface area (Å²) in [5.41, 5.74) is 1.08. The Bertz CT molecular complexity index is 943. The third kappa shape index (κ3) is 4.12. The first-order valence-corrected chi connectivity index (χ1v) is 9.98. The van der Waals surface area contributed by atoms with Crippen LogP contribution in [0.4, 0.5) is 0 Å². The minimum Gasteiger partial charge on any atom is -0.507 e. The third-order valence-electron chi connectivity index (χ3n) is 4.80.